The van der Waals surface area contributed by atoms with E-state index in [2.05, 4.69) is 5.32 Å². The van der Waals surface area contributed by atoms with Gasteiger partial charge >= 0.3 is 0 Å². The Morgan fingerprint density at radius 3 is 2.55 bits per heavy atom. The van der Waals surface area contributed by atoms with Crippen LogP contribution in [0.5, 0.6) is 0 Å². The number of benzene rings is 1. The summed E-state index contributed by atoms with van der Waals surface area (Å²) in [7, 11) is -3.53. The summed E-state index contributed by atoms with van der Waals surface area (Å²) in [6, 6.07) is 6.19. The number of halogens is 1. The highest BCUT2D eigenvalue weighted by Gasteiger charge is 2.41. The second kappa shape index (κ2) is 5.01. The molecule has 2 aliphatic rings. The number of fused-ring (bicyclic) bond motifs is 1. The Hall–Kier alpha value is -1.13. The van der Waals surface area contributed by atoms with E-state index in [0.717, 1.165) is 13.1 Å². The zero-order chi connectivity index (χ0) is 14.3. The molecular weight excluding hydrogens is 298 g/mol. The van der Waals surface area contributed by atoms with Gasteiger partial charge in [-0.3, -0.25) is 0 Å². The fraction of sp³-hybridized carbons (Fsp3) is 0.462. The third-order valence-corrected chi connectivity index (χ3v) is 6.21. The minimum atomic E-state index is -3.53. The molecule has 0 aromatic heterocycles. The van der Waals surface area contributed by atoms with E-state index in [0.29, 0.717) is 24.9 Å². The number of rotatable bonds is 2. The Morgan fingerprint density at radius 2 is 1.95 bits per heavy atom. The van der Waals surface area contributed by atoms with Gasteiger partial charge in [0.1, 0.15) is 6.07 Å². The molecule has 1 N–H and O–H groups in total. The van der Waals surface area contributed by atoms with Crippen LogP contribution in [0.25, 0.3) is 0 Å². The van der Waals surface area contributed by atoms with Crippen LogP contribution in [0.1, 0.15) is 5.56 Å². The van der Waals surface area contributed by atoms with E-state index in [-0.39, 0.29) is 15.5 Å². The largest absolute Gasteiger partial charge is 0.316 e. The number of hydrogen-bond donors (Lipinski definition) is 1. The monoisotopic (exact) mass is 311 g/mol. The van der Waals surface area contributed by atoms with Crippen molar-refractivity contribution in [2.24, 2.45) is 11.8 Å². The summed E-state index contributed by atoms with van der Waals surface area (Å²) in [5.41, 5.74) is 0.189. The lowest BCUT2D eigenvalue weighted by Crippen LogP contribution is -2.32. The molecule has 0 amide bonds. The molecule has 2 atom stereocenters. The van der Waals surface area contributed by atoms with Gasteiger partial charge in [-0.1, -0.05) is 11.6 Å². The molecule has 0 radical (unpaired) electrons. The van der Waals surface area contributed by atoms with Crippen molar-refractivity contribution in [2.45, 2.75) is 4.90 Å². The van der Waals surface area contributed by atoms with Gasteiger partial charge in [-0.25, -0.2) is 8.42 Å². The maximum absolute atomic E-state index is 12.6. The quantitative estimate of drug-likeness (QED) is 0.886. The summed E-state index contributed by atoms with van der Waals surface area (Å²) < 4.78 is 26.7. The molecule has 0 bridgehead atoms. The average Bonchev–Trinajstić information content (AvgIpc) is 2.99. The number of nitriles is 1. The van der Waals surface area contributed by atoms with Gasteiger partial charge in [-0.05, 0) is 43.1 Å². The van der Waals surface area contributed by atoms with Crippen molar-refractivity contribution in [3.8, 4) is 6.07 Å². The first kappa shape index (κ1) is 13.8. The normalized spacial score (nSPS) is 26.4. The highest BCUT2D eigenvalue weighted by molar-refractivity contribution is 7.89. The van der Waals surface area contributed by atoms with Crippen molar-refractivity contribution in [3.05, 3.63) is 28.8 Å². The molecule has 3 rings (SSSR count). The van der Waals surface area contributed by atoms with Gasteiger partial charge in [0.15, 0.2) is 0 Å². The fourth-order valence-electron chi connectivity index (χ4n) is 2.91. The summed E-state index contributed by atoms with van der Waals surface area (Å²) in [6.07, 6.45) is 0. The lowest BCUT2D eigenvalue weighted by Gasteiger charge is -2.17. The van der Waals surface area contributed by atoms with Crippen LogP contribution in [0.3, 0.4) is 0 Å². The van der Waals surface area contributed by atoms with Crippen LogP contribution in [-0.4, -0.2) is 38.9 Å². The number of sulfonamides is 1. The predicted octanol–water partition coefficient (Wildman–Crippen LogP) is 1.05. The molecule has 2 aliphatic heterocycles. The molecule has 2 heterocycles. The minimum absolute atomic E-state index is 0.145. The van der Waals surface area contributed by atoms with Gasteiger partial charge in [0.25, 0.3) is 0 Å². The van der Waals surface area contributed by atoms with Gasteiger partial charge < -0.3 is 5.32 Å². The van der Waals surface area contributed by atoms with Crippen molar-refractivity contribution in [2.75, 3.05) is 26.2 Å². The Kier molecular flexibility index (Phi) is 3.46. The van der Waals surface area contributed by atoms with Crippen LogP contribution in [0.2, 0.25) is 5.02 Å². The molecular formula is C13H14ClN3O2S. The maximum Gasteiger partial charge on any atom is 0.243 e. The number of nitrogens with zero attached hydrogens (tertiary/aromatic N) is 2. The first-order chi connectivity index (χ1) is 9.52. The summed E-state index contributed by atoms with van der Waals surface area (Å²) >= 11 is 5.84. The zero-order valence-corrected chi connectivity index (χ0v) is 12.3. The second-order valence-corrected chi connectivity index (χ2v) is 7.60. The van der Waals surface area contributed by atoms with Gasteiger partial charge in [-0.15, -0.1) is 0 Å². The second-order valence-electron chi connectivity index (χ2n) is 5.25. The van der Waals surface area contributed by atoms with Crippen molar-refractivity contribution in [1.82, 2.24) is 9.62 Å². The smallest absolute Gasteiger partial charge is 0.243 e. The fourth-order valence-corrected chi connectivity index (χ4v) is 4.65. The maximum atomic E-state index is 12.6. The lowest BCUT2D eigenvalue weighted by atomic mass is 10.0. The molecule has 0 spiro atoms. The predicted molar refractivity (Wildman–Crippen MR) is 74.8 cm³/mol. The van der Waals surface area contributed by atoms with Gasteiger partial charge in [0.05, 0.1) is 15.5 Å². The van der Waals surface area contributed by atoms with Crippen molar-refractivity contribution >= 4 is 21.6 Å². The summed E-state index contributed by atoms with van der Waals surface area (Å²) in [5, 5.41) is 12.5. The van der Waals surface area contributed by atoms with Crippen LogP contribution in [0, 0.1) is 23.2 Å². The third-order valence-electron chi connectivity index (χ3n) is 4.05. The van der Waals surface area contributed by atoms with Crippen LogP contribution in [0.4, 0.5) is 0 Å². The van der Waals surface area contributed by atoms with E-state index in [9.17, 15) is 8.42 Å². The minimum Gasteiger partial charge on any atom is -0.316 e. The van der Waals surface area contributed by atoms with E-state index < -0.39 is 10.0 Å². The SMILES string of the molecule is N#Cc1cc(S(=O)(=O)N2C[C@H]3CNC[C@H]3C2)ccc1Cl. The van der Waals surface area contributed by atoms with E-state index in [1.165, 1.54) is 22.5 Å². The van der Waals surface area contributed by atoms with Gasteiger partial charge in [0.2, 0.25) is 10.0 Å². The Bertz CT molecular complexity index is 671. The van der Waals surface area contributed by atoms with E-state index in [1.807, 2.05) is 6.07 Å². The Morgan fingerprint density at radius 1 is 1.30 bits per heavy atom. The highest BCUT2D eigenvalue weighted by Crippen LogP contribution is 2.31. The van der Waals surface area contributed by atoms with E-state index >= 15 is 0 Å². The molecule has 5 nitrogen and oxygen atoms in total. The highest BCUT2D eigenvalue weighted by atomic mass is 35.5. The summed E-state index contributed by atoms with van der Waals surface area (Å²) in [6.45, 7) is 2.84. The molecule has 0 saturated carbocycles. The average molecular weight is 312 g/mol. The van der Waals surface area contributed by atoms with Crippen molar-refractivity contribution in [1.29, 1.82) is 5.26 Å². The van der Waals surface area contributed by atoms with E-state index in [1.54, 1.807) is 0 Å². The summed E-state index contributed by atoms with van der Waals surface area (Å²) in [5.74, 6) is 0.792. The van der Waals surface area contributed by atoms with Crippen LogP contribution < -0.4 is 5.32 Å². The molecule has 1 aromatic rings. The summed E-state index contributed by atoms with van der Waals surface area (Å²) in [4.78, 5) is 0.145. The first-order valence-electron chi connectivity index (χ1n) is 6.43. The lowest BCUT2D eigenvalue weighted by molar-refractivity contribution is 0.448. The molecule has 0 unspecified atom stereocenters. The van der Waals surface area contributed by atoms with Crippen LogP contribution >= 0.6 is 11.6 Å². The van der Waals surface area contributed by atoms with Crippen molar-refractivity contribution in [3.63, 3.8) is 0 Å². The number of nitrogens with one attached hydrogen (secondary N) is 1. The molecule has 20 heavy (non-hydrogen) atoms. The van der Waals surface area contributed by atoms with E-state index in [4.69, 9.17) is 16.9 Å². The molecule has 106 valence electrons. The molecule has 7 heteroatoms. The first-order valence-corrected chi connectivity index (χ1v) is 8.24. The molecule has 0 aliphatic carbocycles. The Balaban J connectivity index is 1.91. The van der Waals surface area contributed by atoms with Crippen molar-refractivity contribution < 1.29 is 8.42 Å². The topological polar surface area (TPSA) is 73.2 Å². The Labute approximate surface area is 123 Å². The standard InChI is InChI=1S/C13H14ClN3O2S/c14-13-2-1-12(3-9(13)4-15)20(18,19)17-7-10-5-16-6-11(10)8-17/h1-3,10-11,16H,5-8H2/t10-,11+. The molecule has 2 fully saturated rings. The van der Waals surface area contributed by atoms with Crippen LogP contribution in [0.15, 0.2) is 23.1 Å². The zero-order valence-electron chi connectivity index (χ0n) is 10.7. The molecule has 1 aromatic carbocycles. The van der Waals surface area contributed by atoms with Gasteiger partial charge in [-0.2, -0.15) is 9.57 Å². The van der Waals surface area contributed by atoms with Crippen LogP contribution in [-0.2, 0) is 10.0 Å². The molecule has 2 saturated heterocycles. The third kappa shape index (κ3) is 2.21. The van der Waals surface area contributed by atoms with Gasteiger partial charge in [0, 0.05) is 13.1 Å². The number of hydrogen-bond acceptors (Lipinski definition) is 4.